The van der Waals surface area contributed by atoms with Gasteiger partial charge in [-0.2, -0.15) is 0 Å². The van der Waals surface area contributed by atoms with Crippen molar-refractivity contribution in [1.82, 2.24) is 4.57 Å². The Bertz CT molecular complexity index is 4850. The third-order valence-corrected chi connectivity index (χ3v) is 18.0. The zero-order valence-electron chi connectivity index (χ0n) is 43.7. The molecular weight excluding hydrogens is 957 g/mol. The van der Waals surface area contributed by atoms with Crippen LogP contribution in [0.1, 0.15) is 47.2 Å². The molecule has 17 rings (SSSR count). The number of nitrogens with zero attached hydrogens (tertiary/aromatic N) is 2. The Hall–Kier alpha value is -9.96. The topological polar surface area (TPSA) is 21.3 Å². The van der Waals surface area contributed by atoms with Gasteiger partial charge in [0.1, 0.15) is 11.2 Å². The van der Waals surface area contributed by atoms with Crippen LogP contribution in [0, 0.1) is 0 Å². The number of furan rings is 1. The average molecular weight is 1010 g/mol. The van der Waals surface area contributed by atoms with Crippen LogP contribution < -0.4 is 4.90 Å². The molecule has 14 aromatic rings. The van der Waals surface area contributed by atoms with Crippen molar-refractivity contribution in [3.05, 3.63) is 300 Å². The van der Waals surface area contributed by atoms with Gasteiger partial charge in [0.15, 0.2) is 0 Å². The van der Waals surface area contributed by atoms with Crippen LogP contribution in [0.2, 0.25) is 0 Å². The molecule has 79 heavy (non-hydrogen) atoms. The van der Waals surface area contributed by atoms with E-state index in [1.165, 1.54) is 94.1 Å². The van der Waals surface area contributed by atoms with Gasteiger partial charge in [-0.1, -0.05) is 202 Å². The quantitative estimate of drug-likeness (QED) is 0.166. The highest BCUT2D eigenvalue weighted by atomic mass is 16.3. The minimum absolute atomic E-state index is 0.196. The molecule has 0 radical (unpaired) electrons. The van der Waals surface area contributed by atoms with E-state index in [0.29, 0.717) is 0 Å². The lowest BCUT2D eigenvalue weighted by Gasteiger charge is -2.30. The fourth-order valence-corrected chi connectivity index (χ4v) is 14.6. The largest absolute Gasteiger partial charge is 0.456 e. The third kappa shape index (κ3) is 6.02. The Balaban J connectivity index is 0.869. The van der Waals surface area contributed by atoms with Crippen molar-refractivity contribution in [1.29, 1.82) is 0 Å². The first kappa shape index (κ1) is 44.2. The number of fused-ring (bicyclic) bond motifs is 19. The number of rotatable bonds is 6. The van der Waals surface area contributed by atoms with Crippen molar-refractivity contribution >= 4 is 60.8 Å². The van der Waals surface area contributed by atoms with E-state index in [4.69, 9.17) is 4.42 Å². The maximum Gasteiger partial charge on any atom is 0.137 e. The number of benzene rings is 12. The van der Waals surface area contributed by atoms with Crippen molar-refractivity contribution in [3.63, 3.8) is 0 Å². The van der Waals surface area contributed by atoms with E-state index in [-0.39, 0.29) is 5.41 Å². The molecule has 12 aromatic carbocycles. The second-order valence-corrected chi connectivity index (χ2v) is 22.3. The first-order valence-corrected chi connectivity index (χ1v) is 27.6. The first-order valence-electron chi connectivity index (χ1n) is 27.6. The number of hydrogen-bond donors (Lipinski definition) is 0. The van der Waals surface area contributed by atoms with Crippen LogP contribution in [-0.2, 0) is 10.8 Å². The highest BCUT2D eigenvalue weighted by Crippen LogP contribution is 2.64. The Morgan fingerprint density at radius 1 is 0.342 bits per heavy atom. The molecule has 0 bridgehead atoms. The number of hydrogen-bond acceptors (Lipinski definition) is 2. The minimum atomic E-state index is -0.433. The number of anilines is 3. The zero-order chi connectivity index (χ0) is 52.1. The molecule has 370 valence electrons. The molecule has 1 spiro atoms. The molecule has 0 amide bonds. The monoisotopic (exact) mass is 1010 g/mol. The molecule has 3 heteroatoms. The highest BCUT2D eigenvalue weighted by molar-refractivity contribution is 6.15. The van der Waals surface area contributed by atoms with Gasteiger partial charge in [-0.25, -0.2) is 0 Å². The summed E-state index contributed by atoms with van der Waals surface area (Å²) >= 11 is 0. The SMILES string of the molecule is CC1(C)c2ccccc2-c2ccc(N(c3cccc(-c4cccc5c4-c4ccccc4C54c5ccccc5-c5ccccc54)c3)c3cccc4oc5ccc(-c6ccc7c(c6)c6ccccc6n7-c6ccccc6)cc5c34)cc21. The molecule has 2 aromatic heterocycles. The van der Waals surface area contributed by atoms with Gasteiger partial charge in [0.25, 0.3) is 0 Å². The van der Waals surface area contributed by atoms with Crippen LogP contribution in [0.5, 0.6) is 0 Å². The van der Waals surface area contributed by atoms with Crippen LogP contribution in [0.4, 0.5) is 17.1 Å². The van der Waals surface area contributed by atoms with E-state index in [9.17, 15) is 0 Å². The first-order chi connectivity index (χ1) is 38.9. The van der Waals surface area contributed by atoms with Crippen LogP contribution in [0.25, 0.3) is 105 Å². The predicted molar refractivity (Wildman–Crippen MR) is 327 cm³/mol. The second kappa shape index (κ2) is 16.3. The van der Waals surface area contributed by atoms with E-state index in [2.05, 4.69) is 290 Å². The second-order valence-electron chi connectivity index (χ2n) is 22.3. The lowest BCUT2D eigenvalue weighted by molar-refractivity contribution is 0.660. The summed E-state index contributed by atoms with van der Waals surface area (Å²) in [6.45, 7) is 4.74. The van der Waals surface area contributed by atoms with Gasteiger partial charge < -0.3 is 13.9 Å². The van der Waals surface area contributed by atoms with Crippen molar-refractivity contribution in [3.8, 4) is 61.3 Å². The van der Waals surface area contributed by atoms with Gasteiger partial charge >= 0.3 is 0 Å². The fraction of sp³-hybridized carbons (Fsp3) is 0.0526. The van der Waals surface area contributed by atoms with Crippen LogP contribution in [-0.4, -0.2) is 4.57 Å². The standard InChI is InChI=1S/C76H50N2O/c1-75(2)62-29-11-6-23-54(62)57-40-39-52(46-67(57)75)77(51-22-16-19-49(43-51)53-28-17-33-66-73(53)59-27-9-14-32-65(59)76(66)63-30-12-7-24-55(63)56-25-8-13-31-64(56)76)70-35-18-36-72-74(70)61-45-48(38-42-71(61)79-72)47-37-41-69-60(44-47)58-26-10-15-34-68(58)78(69)50-20-4-3-5-21-50/h3-46H,1-2H3. The summed E-state index contributed by atoms with van der Waals surface area (Å²) < 4.78 is 9.26. The fourth-order valence-electron chi connectivity index (χ4n) is 14.6. The molecule has 3 nitrogen and oxygen atoms in total. The van der Waals surface area contributed by atoms with Gasteiger partial charge in [0.05, 0.1) is 27.5 Å². The molecule has 3 aliphatic carbocycles. The number of para-hydroxylation sites is 2. The molecule has 0 saturated carbocycles. The molecule has 3 aliphatic rings. The molecule has 0 saturated heterocycles. The van der Waals surface area contributed by atoms with E-state index in [1.54, 1.807) is 0 Å². The summed E-state index contributed by atoms with van der Waals surface area (Å²) in [6, 6.07) is 99.2. The van der Waals surface area contributed by atoms with Crippen molar-refractivity contribution < 1.29 is 4.42 Å². The lowest BCUT2D eigenvalue weighted by Crippen LogP contribution is -2.25. The van der Waals surface area contributed by atoms with Crippen LogP contribution in [0.15, 0.2) is 271 Å². The molecule has 0 aliphatic heterocycles. The Morgan fingerprint density at radius 2 is 0.911 bits per heavy atom. The highest BCUT2D eigenvalue weighted by Gasteiger charge is 2.52. The van der Waals surface area contributed by atoms with Crippen molar-refractivity contribution in [2.75, 3.05) is 4.90 Å². The smallest absolute Gasteiger partial charge is 0.137 e. The average Bonchev–Trinajstić information content (AvgIpc) is 4.32. The third-order valence-electron chi connectivity index (χ3n) is 18.0. The number of aromatic nitrogens is 1. The summed E-state index contributed by atoms with van der Waals surface area (Å²) in [6.07, 6.45) is 0. The summed E-state index contributed by atoms with van der Waals surface area (Å²) in [5, 5.41) is 4.61. The van der Waals surface area contributed by atoms with E-state index >= 15 is 0 Å². The molecule has 0 fully saturated rings. The maximum atomic E-state index is 6.88. The summed E-state index contributed by atoms with van der Waals surface area (Å²) in [5.74, 6) is 0. The Morgan fingerprint density at radius 3 is 1.70 bits per heavy atom. The van der Waals surface area contributed by atoms with Crippen LogP contribution in [0.3, 0.4) is 0 Å². The minimum Gasteiger partial charge on any atom is -0.456 e. The van der Waals surface area contributed by atoms with Gasteiger partial charge in [-0.15, -0.1) is 0 Å². The predicted octanol–water partition coefficient (Wildman–Crippen LogP) is 20.1. The van der Waals surface area contributed by atoms with Gasteiger partial charge in [-0.05, 0) is 168 Å². The lowest BCUT2D eigenvalue weighted by atomic mass is 9.70. The molecule has 0 atom stereocenters. The van der Waals surface area contributed by atoms with E-state index in [1.807, 2.05) is 0 Å². The molecule has 2 heterocycles. The normalized spacial score (nSPS) is 13.9. The summed E-state index contributed by atoms with van der Waals surface area (Å²) in [4.78, 5) is 2.49. The zero-order valence-corrected chi connectivity index (χ0v) is 43.7. The van der Waals surface area contributed by atoms with Crippen molar-refractivity contribution in [2.24, 2.45) is 0 Å². The van der Waals surface area contributed by atoms with Crippen molar-refractivity contribution in [2.45, 2.75) is 24.7 Å². The van der Waals surface area contributed by atoms with E-state index < -0.39 is 5.41 Å². The molecule has 0 unspecified atom stereocenters. The Labute approximate surface area is 458 Å². The van der Waals surface area contributed by atoms with Gasteiger partial charge in [-0.3, -0.25) is 0 Å². The summed E-state index contributed by atoms with van der Waals surface area (Å²) in [7, 11) is 0. The van der Waals surface area contributed by atoms with E-state index in [0.717, 1.165) is 61.4 Å². The van der Waals surface area contributed by atoms with Crippen LogP contribution >= 0.6 is 0 Å². The van der Waals surface area contributed by atoms with Gasteiger partial charge in [0, 0.05) is 38.6 Å². The maximum absolute atomic E-state index is 6.88. The molecular formula is C76H50N2O. The summed E-state index contributed by atoms with van der Waals surface area (Å²) in [5.41, 5.74) is 28.4. The van der Waals surface area contributed by atoms with Gasteiger partial charge in [0.2, 0.25) is 0 Å². The molecule has 0 N–H and O–H groups in total. The Kier molecular flexibility index (Phi) is 9.11.